The molecule has 0 aliphatic carbocycles. The average molecular weight is 413 g/mol. The van der Waals surface area contributed by atoms with Crippen LogP contribution in [0.15, 0.2) is 79.3 Å². The highest BCUT2D eigenvalue weighted by Crippen LogP contribution is 2.30. The number of hydrogen-bond acceptors (Lipinski definition) is 4. The molecular weight excluding hydrogens is 396 g/mol. The van der Waals surface area contributed by atoms with Crippen molar-refractivity contribution >= 4 is 22.5 Å². The van der Waals surface area contributed by atoms with Crippen molar-refractivity contribution in [2.75, 3.05) is 11.5 Å². The smallest absolute Gasteiger partial charge is 0.133 e. The number of anilines is 2. The summed E-state index contributed by atoms with van der Waals surface area (Å²) in [5, 5.41) is 0. The molecule has 0 atom stereocenters. The molecule has 5 rings (SSSR count). The van der Waals surface area contributed by atoms with E-state index in [-0.39, 0.29) is 5.56 Å². The summed E-state index contributed by atoms with van der Waals surface area (Å²) in [6, 6.07) is 18.3. The Kier molecular flexibility index (Phi) is 4.36. The van der Waals surface area contributed by atoms with E-state index < -0.39 is 11.6 Å². The first-order valence-electron chi connectivity index (χ1n) is 9.53. The van der Waals surface area contributed by atoms with Gasteiger partial charge in [-0.2, -0.15) is 0 Å². The molecule has 0 saturated heterocycles. The minimum atomic E-state index is -0.645. The van der Waals surface area contributed by atoms with Crippen LogP contribution in [0.4, 0.5) is 20.3 Å². The molecule has 0 fully saturated rings. The van der Waals surface area contributed by atoms with E-state index in [2.05, 4.69) is 9.97 Å². The number of imidazole rings is 1. The van der Waals surface area contributed by atoms with Crippen molar-refractivity contribution in [3.8, 4) is 27.9 Å². The molecule has 0 radical (unpaired) electrons. The molecule has 2 aromatic heterocycles. The molecule has 0 spiro atoms. The lowest BCUT2D eigenvalue weighted by Gasteiger charge is -2.11. The fraction of sp³-hybridized carbons (Fsp3) is 0. The number of aromatic nitrogens is 3. The van der Waals surface area contributed by atoms with Crippen molar-refractivity contribution in [1.82, 2.24) is 14.5 Å². The van der Waals surface area contributed by atoms with Gasteiger partial charge < -0.3 is 11.5 Å². The van der Waals surface area contributed by atoms with E-state index >= 15 is 0 Å². The van der Waals surface area contributed by atoms with E-state index in [0.29, 0.717) is 17.1 Å². The highest BCUT2D eigenvalue weighted by Gasteiger charge is 2.12. The number of nitrogen functional groups attached to an aromatic ring is 2. The van der Waals surface area contributed by atoms with Gasteiger partial charge in [-0.05, 0) is 65.7 Å². The van der Waals surface area contributed by atoms with Gasteiger partial charge in [0.15, 0.2) is 0 Å². The van der Waals surface area contributed by atoms with Crippen LogP contribution in [0.1, 0.15) is 0 Å². The molecule has 2 heterocycles. The lowest BCUT2D eigenvalue weighted by Crippen LogP contribution is -1.97. The third-order valence-electron chi connectivity index (χ3n) is 5.13. The Labute approximate surface area is 176 Å². The summed E-state index contributed by atoms with van der Waals surface area (Å²) < 4.78 is 29.5. The quantitative estimate of drug-likeness (QED) is 0.399. The number of halogens is 2. The fourth-order valence-electron chi connectivity index (χ4n) is 3.63. The molecule has 0 unspecified atom stereocenters. The van der Waals surface area contributed by atoms with E-state index in [1.165, 1.54) is 12.1 Å². The minimum Gasteiger partial charge on any atom is -0.399 e. The number of fused-ring (bicyclic) bond motifs is 1. The van der Waals surface area contributed by atoms with Gasteiger partial charge >= 0.3 is 0 Å². The van der Waals surface area contributed by atoms with E-state index in [9.17, 15) is 8.78 Å². The summed E-state index contributed by atoms with van der Waals surface area (Å²) in [6.45, 7) is 0. The summed E-state index contributed by atoms with van der Waals surface area (Å²) in [6.07, 6.45) is 3.41. The van der Waals surface area contributed by atoms with Crippen LogP contribution in [0.25, 0.3) is 39.0 Å². The lowest BCUT2D eigenvalue weighted by molar-refractivity contribution is 0.585. The first-order chi connectivity index (χ1) is 15.0. The van der Waals surface area contributed by atoms with Crippen molar-refractivity contribution in [3.05, 3.63) is 90.9 Å². The minimum absolute atomic E-state index is 0.275. The maximum absolute atomic E-state index is 14.3. The van der Waals surface area contributed by atoms with Gasteiger partial charge in [0, 0.05) is 34.8 Å². The second-order valence-corrected chi connectivity index (χ2v) is 7.23. The molecule has 0 aliphatic rings. The molecule has 152 valence electrons. The van der Waals surface area contributed by atoms with Gasteiger partial charge in [0.2, 0.25) is 0 Å². The molecule has 0 saturated carbocycles. The Balaban J connectivity index is 1.59. The van der Waals surface area contributed by atoms with Gasteiger partial charge in [-0.25, -0.2) is 18.7 Å². The molecule has 3 aromatic carbocycles. The van der Waals surface area contributed by atoms with Crippen molar-refractivity contribution in [1.29, 1.82) is 0 Å². The number of pyridine rings is 1. The molecule has 0 amide bonds. The number of nitrogens with two attached hydrogens (primary N) is 2. The van der Waals surface area contributed by atoms with Gasteiger partial charge in [0.25, 0.3) is 0 Å². The summed E-state index contributed by atoms with van der Waals surface area (Å²) >= 11 is 0. The summed E-state index contributed by atoms with van der Waals surface area (Å²) in [5.41, 5.74) is 17.3. The highest BCUT2D eigenvalue weighted by molar-refractivity contribution is 5.84. The van der Waals surface area contributed by atoms with E-state index in [4.69, 9.17) is 11.5 Å². The molecule has 0 bridgehead atoms. The predicted octanol–water partition coefficient (Wildman–Crippen LogP) is 5.20. The normalized spacial score (nSPS) is 11.2. The molecule has 5 aromatic rings. The second kappa shape index (κ2) is 7.21. The van der Waals surface area contributed by atoms with Crippen LogP contribution in [0.5, 0.6) is 0 Å². The van der Waals surface area contributed by atoms with Crippen LogP contribution in [0.2, 0.25) is 0 Å². The Morgan fingerprint density at radius 3 is 2.35 bits per heavy atom. The predicted molar refractivity (Wildman–Crippen MR) is 118 cm³/mol. The van der Waals surface area contributed by atoms with E-state index in [0.717, 1.165) is 33.9 Å². The maximum Gasteiger partial charge on any atom is 0.133 e. The first-order valence-corrected chi connectivity index (χ1v) is 9.53. The first kappa shape index (κ1) is 18.7. The Morgan fingerprint density at radius 2 is 1.58 bits per heavy atom. The standard InChI is InChI=1S/C24H17F2N5/c25-17-3-4-20(21(26)10-17)16-7-18(27)11-19(8-16)31-13-30-22-9-14(1-5-23(22)31)15-2-6-24(28)29-12-15/h1-13H,27H2,(H2,28,29). The third kappa shape index (κ3) is 3.46. The molecular formula is C24H17F2N5. The zero-order chi connectivity index (χ0) is 21.5. The average Bonchev–Trinajstić information content (AvgIpc) is 3.17. The van der Waals surface area contributed by atoms with Gasteiger partial charge in [0.1, 0.15) is 23.8 Å². The van der Waals surface area contributed by atoms with Gasteiger partial charge in [-0.15, -0.1) is 0 Å². The van der Waals surface area contributed by atoms with Crippen LogP contribution in [-0.4, -0.2) is 14.5 Å². The number of rotatable bonds is 3. The molecule has 31 heavy (non-hydrogen) atoms. The SMILES string of the molecule is Nc1cc(-c2ccc(F)cc2F)cc(-n2cnc3cc(-c4ccc(N)nc4)ccc32)c1. The molecule has 0 aliphatic heterocycles. The van der Waals surface area contributed by atoms with E-state index in [1.54, 1.807) is 36.8 Å². The molecule has 7 heteroatoms. The monoisotopic (exact) mass is 413 g/mol. The Bertz CT molecular complexity index is 1420. The van der Waals surface area contributed by atoms with E-state index in [1.807, 2.05) is 28.8 Å². The van der Waals surface area contributed by atoms with Gasteiger partial charge in [0.05, 0.1) is 11.0 Å². The van der Waals surface area contributed by atoms with Crippen molar-refractivity contribution in [3.63, 3.8) is 0 Å². The summed E-state index contributed by atoms with van der Waals surface area (Å²) in [4.78, 5) is 8.65. The van der Waals surface area contributed by atoms with Crippen LogP contribution >= 0.6 is 0 Å². The number of hydrogen-bond donors (Lipinski definition) is 2. The maximum atomic E-state index is 14.3. The number of benzene rings is 3. The zero-order valence-corrected chi connectivity index (χ0v) is 16.3. The summed E-state index contributed by atoms with van der Waals surface area (Å²) in [5.74, 6) is -0.809. The fourth-order valence-corrected chi connectivity index (χ4v) is 3.63. The van der Waals surface area contributed by atoms with Crippen LogP contribution < -0.4 is 11.5 Å². The van der Waals surface area contributed by atoms with Crippen LogP contribution in [0.3, 0.4) is 0 Å². The summed E-state index contributed by atoms with van der Waals surface area (Å²) in [7, 11) is 0. The topological polar surface area (TPSA) is 82.8 Å². The Morgan fingerprint density at radius 1 is 0.742 bits per heavy atom. The highest BCUT2D eigenvalue weighted by atomic mass is 19.1. The van der Waals surface area contributed by atoms with Crippen molar-refractivity contribution in [2.24, 2.45) is 0 Å². The largest absolute Gasteiger partial charge is 0.399 e. The van der Waals surface area contributed by atoms with Crippen molar-refractivity contribution in [2.45, 2.75) is 0 Å². The lowest BCUT2D eigenvalue weighted by atomic mass is 10.0. The van der Waals surface area contributed by atoms with Gasteiger partial charge in [-0.3, -0.25) is 4.57 Å². The van der Waals surface area contributed by atoms with Crippen LogP contribution in [-0.2, 0) is 0 Å². The third-order valence-corrected chi connectivity index (χ3v) is 5.13. The van der Waals surface area contributed by atoms with Crippen LogP contribution in [0, 0.1) is 11.6 Å². The zero-order valence-electron chi connectivity index (χ0n) is 16.3. The van der Waals surface area contributed by atoms with Gasteiger partial charge in [-0.1, -0.05) is 6.07 Å². The Hall–Kier alpha value is -4.26. The number of nitrogens with zero attached hydrogens (tertiary/aromatic N) is 3. The second-order valence-electron chi connectivity index (χ2n) is 7.23. The molecule has 4 N–H and O–H groups in total. The van der Waals surface area contributed by atoms with Crippen molar-refractivity contribution < 1.29 is 8.78 Å². The molecule has 5 nitrogen and oxygen atoms in total.